The number of nitrogens with two attached hydrogens (primary N) is 4. The minimum absolute atomic E-state index is 0.00356. The van der Waals surface area contributed by atoms with E-state index in [-0.39, 0.29) is 44.7 Å². The van der Waals surface area contributed by atoms with Crippen molar-refractivity contribution < 1.29 is 139 Å². The van der Waals surface area contributed by atoms with Crippen molar-refractivity contribution in [2.75, 3.05) is 46.0 Å². The van der Waals surface area contributed by atoms with Crippen molar-refractivity contribution in [2.24, 2.45) is 27.9 Å². The summed E-state index contributed by atoms with van der Waals surface area (Å²) in [7, 11) is 0. The van der Waals surface area contributed by atoms with Crippen molar-refractivity contribution in [2.45, 2.75) is 192 Å². The largest absolute Gasteiger partial charge is 0.481 e. The molecule has 0 aromatic heterocycles. The molecule has 40 heteroatoms. The van der Waals surface area contributed by atoms with Crippen molar-refractivity contribution >= 4 is 101 Å². The van der Waals surface area contributed by atoms with Crippen LogP contribution in [0.5, 0.6) is 0 Å². The van der Waals surface area contributed by atoms with Gasteiger partial charge < -0.3 is 116 Å². The fourth-order valence-electron chi connectivity index (χ4n) is 9.52. The number of aliphatic imine (C=N–C) groups is 1. The average Bonchev–Trinajstić information content (AvgIpc) is 0.917. The van der Waals surface area contributed by atoms with Gasteiger partial charge in [0, 0.05) is 68.5 Å². The van der Waals surface area contributed by atoms with Crippen LogP contribution in [0.15, 0.2) is 4.99 Å². The SMILES string of the molecule is CC(=O)OC[C@H]1O[C@@H](OC[C@@H](NC(=O)[C@H](CC(=O)O)NC(=O)CNC(=O)[C@H](CCCN=C(N)N)NC(=O)CNC(=O)[C@H](N)[C@H](C)O[C@@H]2O[C@H](COC(C)=O)[C@@H](OC(C)=O)[C@H](OC(C)=O)[C@H]2OC(C)=O)C(=O)N2CCC[C@H]2C(N)=O)[C@H](OC(C)=O)[C@@H](OC(C)=O)[C@@H]1OC(C)=O. The molecular weight excluding hydrogens is 1270 g/mol. The molecule has 0 spiro atoms. The molecule has 3 aliphatic rings. The maximum absolute atomic E-state index is 14.3. The summed E-state index contributed by atoms with van der Waals surface area (Å²) in [5.74, 6) is -17.2. The van der Waals surface area contributed by atoms with Crippen LogP contribution in [0.1, 0.15) is 94.4 Å². The summed E-state index contributed by atoms with van der Waals surface area (Å²) in [6.45, 7) is 4.80. The summed E-state index contributed by atoms with van der Waals surface area (Å²) in [6.07, 6.45) is -19.2. The molecule has 3 heterocycles. The van der Waals surface area contributed by atoms with Gasteiger partial charge in [-0.1, -0.05) is 0 Å². The third-order valence-corrected chi connectivity index (χ3v) is 13.4. The van der Waals surface area contributed by atoms with Gasteiger partial charge in [0.25, 0.3) is 0 Å². The normalized spacial score (nSPS) is 23.8. The summed E-state index contributed by atoms with van der Waals surface area (Å²) >= 11 is 0. The first kappa shape index (κ1) is 78.8. The van der Waals surface area contributed by atoms with Crippen molar-refractivity contribution in [1.82, 2.24) is 31.5 Å². The van der Waals surface area contributed by atoms with E-state index in [4.69, 9.17) is 79.8 Å². The summed E-state index contributed by atoms with van der Waals surface area (Å²) in [5, 5.41) is 21.1. The molecular formula is C54H81N11O29. The second-order valence-corrected chi connectivity index (χ2v) is 21.2. The predicted octanol–water partition coefficient (Wildman–Crippen LogP) is -7.41. The first-order valence-electron chi connectivity index (χ1n) is 28.9. The highest BCUT2D eigenvalue weighted by atomic mass is 16.8. The number of carboxylic acid groups (broad SMARTS) is 1. The van der Waals surface area contributed by atoms with Crippen molar-refractivity contribution in [3.05, 3.63) is 0 Å². The molecule has 3 saturated heterocycles. The molecule has 0 saturated carbocycles. The number of carbonyl (C=O) groups excluding carboxylic acids is 15. The number of carbonyl (C=O) groups is 16. The number of ether oxygens (including phenoxy) is 12. The number of hydrogen-bond acceptors (Lipinski definition) is 30. The molecule has 14 N–H and O–H groups in total. The maximum atomic E-state index is 14.3. The Balaban J connectivity index is 1.84. The topological polar surface area (TPSA) is 584 Å². The molecule has 3 aliphatic heterocycles. The molecule has 0 bridgehead atoms. The number of rotatable bonds is 34. The van der Waals surface area contributed by atoms with Crippen LogP contribution in [0.2, 0.25) is 0 Å². The Kier molecular flexibility index (Phi) is 31.8. The Labute approximate surface area is 536 Å². The summed E-state index contributed by atoms with van der Waals surface area (Å²) in [4.78, 5) is 210. The third-order valence-electron chi connectivity index (χ3n) is 13.4. The standard InChI is InChI=1S/C54H81N11O29/c1-22(86-53-46(92-30(9)73)44(90-28(7)71)42(88-26(5)69)36(94-53)21-84-24(3)67)40(55)50(81)61-18-37(74)62-31(12-10-14-59-54(57)58)48(79)60-17-38(75)63-32(16-39(76)77)49(80)64-33(51(82)65-15-11-13-34(65)47(56)78)19-85-52-45(91-29(8)72)43(89-27(6)70)41(87-25(4)68)35(93-52)20-83-23(2)66/h22,31-36,40-46,52-53H,10-21,55H2,1-9H3,(H2,56,78)(H,60,79)(H,61,81)(H,62,74)(H,63,75)(H,64,80)(H,76,77)(H4,57,58,59)/t22-,31-,32-,33+,34-,35+,36+,40+,41+,42+,43-,44-,45+,46+,52+,53+/m0/s1. The number of nitrogens with zero attached hydrogens (tertiary/aromatic N) is 2. The highest BCUT2D eigenvalue weighted by Crippen LogP contribution is 2.32. The number of hydrogen-bond donors (Lipinski definition) is 10. The lowest BCUT2D eigenvalue weighted by molar-refractivity contribution is -0.316. The zero-order valence-electron chi connectivity index (χ0n) is 52.8. The smallest absolute Gasteiger partial charge is 0.305 e. The number of nitrogens with one attached hydrogen (secondary N) is 5. The zero-order valence-corrected chi connectivity index (χ0v) is 52.8. The first-order valence-corrected chi connectivity index (χ1v) is 28.9. The second-order valence-electron chi connectivity index (χ2n) is 21.2. The summed E-state index contributed by atoms with van der Waals surface area (Å²) in [6, 6.07) is -8.47. The lowest BCUT2D eigenvalue weighted by Gasteiger charge is -2.44. The molecule has 0 radical (unpaired) electrons. The molecule has 0 aliphatic carbocycles. The molecule has 3 fully saturated rings. The molecule has 16 atom stereocenters. The van der Waals surface area contributed by atoms with Crippen LogP contribution in [0.3, 0.4) is 0 Å². The molecule has 0 aromatic carbocycles. The van der Waals surface area contributed by atoms with Gasteiger partial charge in [-0.25, -0.2) is 0 Å². The van der Waals surface area contributed by atoms with E-state index in [1.807, 2.05) is 0 Å². The Morgan fingerprint density at radius 3 is 1.47 bits per heavy atom. The van der Waals surface area contributed by atoms with Gasteiger partial charge in [-0.2, -0.15) is 0 Å². The van der Waals surface area contributed by atoms with E-state index in [9.17, 15) is 81.8 Å². The van der Waals surface area contributed by atoms with E-state index in [0.717, 1.165) is 60.3 Å². The van der Waals surface area contributed by atoms with Gasteiger partial charge in [-0.15, -0.1) is 0 Å². The summed E-state index contributed by atoms with van der Waals surface area (Å²) in [5.41, 5.74) is 22.6. The van der Waals surface area contributed by atoms with Gasteiger partial charge in [0.1, 0.15) is 55.6 Å². The van der Waals surface area contributed by atoms with Crippen LogP contribution in [-0.2, 0) is 134 Å². The third kappa shape index (κ3) is 26.3. The van der Waals surface area contributed by atoms with Gasteiger partial charge in [0.05, 0.1) is 32.2 Å². The van der Waals surface area contributed by atoms with E-state index in [0.29, 0.717) is 0 Å². The number of aliphatic carboxylic acids is 1. The zero-order chi connectivity index (χ0) is 70.8. The van der Waals surface area contributed by atoms with Crippen molar-refractivity contribution in [1.29, 1.82) is 0 Å². The Hall–Kier alpha value is -9.41. The van der Waals surface area contributed by atoms with Gasteiger partial charge in [0.15, 0.2) is 55.2 Å². The van der Waals surface area contributed by atoms with Crippen LogP contribution in [0, 0.1) is 0 Å². The van der Waals surface area contributed by atoms with Gasteiger partial charge in [0.2, 0.25) is 41.4 Å². The van der Waals surface area contributed by atoms with E-state index >= 15 is 0 Å². The van der Waals surface area contributed by atoms with Crippen LogP contribution < -0.4 is 49.5 Å². The Morgan fingerprint density at radius 1 is 0.564 bits per heavy atom. The Morgan fingerprint density at radius 2 is 1.01 bits per heavy atom. The van der Waals surface area contributed by atoms with Gasteiger partial charge >= 0.3 is 53.7 Å². The van der Waals surface area contributed by atoms with E-state index < -0.39 is 232 Å². The van der Waals surface area contributed by atoms with Crippen LogP contribution >= 0.6 is 0 Å². The first-order chi connectivity index (χ1) is 44.0. The predicted molar refractivity (Wildman–Crippen MR) is 306 cm³/mol. The number of amides is 7. The minimum Gasteiger partial charge on any atom is -0.481 e. The molecule has 0 unspecified atom stereocenters. The lowest BCUT2D eigenvalue weighted by Crippen LogP contribution is -2.64. The molecule has 94 heavy (non-hydrogen) atoms. The monoisotopic (exact) mass is 1350 g/mol. The highest BCUT2D eigenvalue weighted by Gasteiger charge is 2.55. The lowest BCUT2D eigenvalue weighted by atomic mass is 9.98. The maximum Gasteiger partial charge on any atom is 0.305 e. The average molecular weight is 1350 g/mol. The molecule has 0 aromatic rings. The van der Waals surface area contributed by atoms with E-state index in [1.54, 1.807) is 0 Å². The number of guanidine groups is 1. The van der Waals surface area contributed by atoms with Crippen molar-refractivity contribution in [3.8, 4) is 0 Å². The quantitative estimate of drug-likeness (QED) is 0.00941. The van der Waals surface area contributed by atoms with Gasteiger partial charge in [-0.3, -0.25) is 81.7 Å². The molecule has 526 valence electrons. The Bertz CT molecular complexity index is 2820. The van der Waals surface area contributed by atoms with Gasteiger partial charge in [-0.05, 0) is 32.6 Å². The van der Waals surface area contributed by atoms with E-state index in [2.05, 4.69) is 31.6 Å². The van der Waals surface area contributed by atoms with Crippen molar-refractivity contribution in [3.63, 3.8) is 0 Å². The van der Waals surface area contributed by atoms with E-state index in [1.165, 1.54) is 6.92 Å². The molecule has 40 nitrogen and oxygen atoms in total. The fraction of sp³-hybridized carbons (Fsp3) is 0.685. The van der Waals surface area contributed by atoms with Crippen LogP contribution in [0.4, 0.5) is 0 Å². The number of primary amides is 1. The number of likely N-dealkylation sites (tertiary alicyclic amines) is 1. The number of esters is 8. The van der Waals surface area contributed by atoms with Crippen LogP contribution in [0.25, 0.3) is 0 Å². The molecule has 7 amide bonds. The molecule has 3 rings (SSSR count). The second kappa shape index (κ2) is 37.9. The van der Waals surface area contributed by atoms with Crippen LogP contribution in [-0.4, -0.2) is 255 Å². The fourth-order valence-corrected chi connectivity index (χ4v) is 9.52. The summed E-state index contributed by atoms with van der Waals surface area (Å²) < 4.78 is 66.0. The number of carboxylic acids is 1. The minimum atomic E-state index is -2.07. The highest BCUT2D eigenvalue weighted by molar-refractivity contribution is 5.97.